The number of nitrogens with zero attached hydrogens (tertiary/aromatic N) is 2. The first-order valence-electron chi connectivity index (χ1n) is 6.28. The summed E-state index contributed by atoms with van der Waals surface area (Å²) >= 11 is 1.45. The minimum Gasteiger partial charge on any atom is -0.466 e. The normalized spacial score (nSPS) is 11.8. The molecule has 0 aliphatic heterocycles. The molecule has 1 aromatic rings. The van der Waals surface area contributed by atoms with Crippen LogP contribution in [0.2, 0.25) is 0 Å². The molecule has 0 atom stereocenters. The molecule has 110 valence electrons. The van der Waals surface area contributed by atoms with Crippen LogP contribution < -0.4 is 10.1 Å². The summed E-state index contributed by atoms with van der Waals surface area (Å²) in [6.45, 7) is 9.23. The summed E-state index contributed by atoms with van der Waals surface area (Å²) in [5.74, 6) is 0. The highest BCUT2D eigenvalue weighted by Gasteiger charge is 2.11. The maximum Gasteiger partial charge on any atom is 0.294 e. The minimum absolute atomic E-state index is 0.0713. The third-order valence-electron chi connectivity index (χ3n) is 2.10. The van der Waals surface area contributed by atoms with Crippen molar-refractivity contribution in [2.24, 2.45) is 0 Å². The largest absolute Gasteiger partial charge is 0.466 e. The first-order chi connectivity index (χ1) is 9.01. The van der Waals surface area contributed by atoms with Crippen LogP contribution >= 0.6 is 11.3 Å². The summed E-state index contributed by atoms with van der Waals surface area (Å²) in [5.41, 5.74) is 0.0713. The van der Waals surface area contributed by atoms with Crippen molar-refractivity contribution in [3.8, 4) is 5.19 Å². The van der Waals surface area contributed by atoms with Gasteiger partial charge in [0.25, 0.3) is 5.19 Å². The van der Waals surface area contributed by atoms with E-state index in [0.717, 1.165) is 5.01 Å². The first-order valence-corrected chi connectivity index (χ1v) is 7.10. The van der Waals surface area contributed by atoms with Crippen molar-refractivity contribution in [2.45, 2.75) is 32.9 Å². The highest BCUT2D eigenvalue weighted by atomic mass is 32.1. The lowest BCUT2D eigenvalue weighted by Crippen LogP contribution is -2.35. The van der Waals surface area contributed by atoms with E-state index in [9.17, 15) is 0 Å². The fourth-order valence-electron chi connectivity index (χ4n) is 1.14. The third-order valence-corrected chi connectivity index (χ3v) is 2.94. The quantitative estimate of drug-likeness (QED) is 0.694. The van der Waals surface area contributed by atoms with Gasteiger partial charge in [-0.1, -0.05) is 11.3 Å². The molecule has 0 saturated heterocycles. The number of ether oxygens (including phenoxy) is 3. The van der Waals surface area contributed by atoms with Crippen molar-refractivity contribution in [3.63, 3.8) is 0 Å². The Kier molecular flexibility index (Phi) is 7.22. The standard InChI is InChI=1S/C12H23N3O3S/c1-12(2,3)13-9-10-14-15-11(19-10)18-8-7-17-6-5-16-4/h13H,5-9H2,1-4H3. The second-order valence-electron chi connectivity index (χ2n) is 5.02. The first kappa shape index (κ1) is 16.3. The second-order valence-corrected chi connectivity index (χ2v) is 6.04. The van der Waals surface area contributed by atoms with Crippen LogP contribution in [0.4, 0.5) is 0 Å². The third kappa shape index (κ3) is 8.10. The van der Waals surface area contributed by atoms with Crippen LogP contribution in [0.5, 0.6) is 5.19 Å². The van der Waals surface area contributed by atoms with Gasteiger partial charge in [0.2, 0.25) is 0 Å². The molecular formula is C12H23N3O3S. The van der Waals surface area contributed by atoms with E-state index in [1.54, 1.807) is 7.11 Å². The molecule has 1 N–H and O–H groups in total. The molecular weight excluding hydrogens is 266 g/mol. The van der Waals surface area contributed by atoms with Gasteiger partial charge in [-0.25, -0.2) is 0 Å². The van der Waals surface area contributed by atoms with E-state index in [1.165, 1.54) is 11.3 Å². The summed E-state index contributed by atoms with van der Waals surface area (Å²) < 4.78 is 15.6. The van der Waals surface area contributed by atoms with Crippen LogP contribution in [0.15, 0.2) is 0 Å². The van der Waals surface area contributed by atoms with Gasteiger partial charge < -0.3 is 19.5 Å². The smallest absolute Gasteiger partial charge is 0.294 e. The van der Waals surface area contributed by atoms with Crippen LogP contribution in [-0.4, -0.2) is 49.3 Å². The number of aromatic nitrogens is 2. The van der Waals surface area contributed by atoms with Gasteiger partial charge in [0.05, 0.1) is 26.4 Å². The average molecular weight is 289 g/mol. The van der Waals surface area contributed by atoms with Gasteiger partial charge >= 0.3 is 0 Å². The summed E-state index contributed by atoms with van der Waals surface area (Å²) in [7, 11) is 1.65. The van der Waals surface area contributed by atoms with E-state index >= 15 is 0 Å². The fourth-order valence-corrected chi connectivity index (χ4v) is 1.79. The zero-order valence-corrected chi connectivity index (χ0v) is 12.9. The van der Waals surface area contributed by atoms with Gasteiger partial charge in [-0.15, -0.1) is 10.2 Å². The number of methoxy groups -OCH3 is 1. The number of hydrogen-bond acceptors (Lipinski definition) is 7. The Morgan fingerprint density at radius 1 is 1.11 bits per heavy atom. The molecule has 0 fully saturated rings. The summed E-state index contributed by atoms with van der Waals surface area (Å²) in [5, 5.41) is 12.9. The van der Waals surface area contributed by atoms with E-state index in [1.807, 2.05) is 0 Å². The molecule has 0 bridgehead atoms. The number of rotatable bonds is 9. The van der Waals surface area contributed by atoms with Crippen LogP contribution in [0.25, 0.3) is 0 Å². The molecule has 6 nitrogen and oxygen atoms in total. The van der Waals surface area contributed by atoms with Gasteiger partial charge in [0, 0.05) is 12.6 Å². The van der Waals surface area contributed by atoms with Crippen molar-refractivity contribution in [3.05, 3.63) is 5.01 Å². The van der Waals surface area contributed by atoms with Crippen molar-refractivity contribution < 1.29 is 14.2 Å². The number of nitrogens with one attached hydrogen (secondary N) is 1. The van der Waals surface area contributed by atoms with Crippen molar-refractivity contribution in [2.75, 3.05) is 33.5 Å². The van der Waals surface area contributed by atoms with Gasteiger partial charge in [-0.3, -0.25) is 0 Å². The maximum absolute atomic E-state index is 5.45. The molecule has 0 aromatic carbocycles. The molecule has 1 rings (SSSR count). The van der Waals surface area contributed by atoms with Crippen LogP contribution in [0.3, 0.4) is 0 Å². The average Bonchev–Trinajstić information content (AvgIpc) is 2.78. The molecule has 0 saturated carbocycles. The summed E-state index contributed by atoms with van der Waals surface area (Å²) in [6.07, 6.45) is 0. The molecule has 0 unspecified atom stereocenters. The van der Waals surface area contributed by atoms with Crippen LogP contribution in [0, 0.1) is 0 Å². The van der Waals surface area contributed by atoms with Crippen LogP contribution in [-0.2, 0) is 16.0 Å². The van der Waals surface area contributed by atoms with Gasteiger partial charge in [-0.05, 0) is 20.8 Å². The lowest BCUT2D eigenvalue weighted by atomic mass is 10.1. The molecule has 0 spiro atoms. The fraction of sp³-hybridized carbons (Fsp3) is 0.833. The number of hydrogen-bond donors (Lipinski definition) is 1. The Labute approximate surface area is 118 Å². The van der Waals surface area contributed by atoms with E-state index in [4.69, 9.17) is 14.2 Å². The highest BCUT2D eigenvalue weighted by molar-refractivity contribution is 7.13. The predicted molar refractivity (Wildman–Crippen MR) is 74.7 cm³/mol. The molecule has 7 heteroatoms. The molecule has 0 aliphatic carbocycles. The molecule has 1 heterocycles. The molecule has 0 radical (unpaired) electrons. The Bertz CT molecular complexity index is 352. The Morgan fingerprint density at radius 2 is 1.84 bits per heavy atom. The summed E-state index contributed by atoms with van der Waals surface area (Å²) in [4.78, 5) is 0. The van der Waals surface area contributed by atoms with Gasteiger partial charge in [0.15, 0.2) is 0 Å². The SMILES string of the molecule is COCCOCCOc1nnc(CNC(C)(C)C)s1. The molecule has 0 aliphatic rings. The Balaban J connectivity index is 2.16. The Morgan fingerprint density at radius 3 is 2.53 bits per heavy atom. The van der Waals surface area contributed by atoms with Crippen molar-refractivity contribution in [1.82, 2.24) is 15.5 Å². The molecule has 1 aromatic heterocycles. The lowest BCUT2D eigenvalue weighted by molar-refractivity contribution is 0.0543. The monoisotopic (exact) mass is 289 g/mol. The van der Waals surface area contributed by atoms with Gasteiger partial charge in [-0.2, -0.15) is 0 Å². The lowest BCUT2D eigenvalue weighted by Gasteiger charge is -2.19. The Hall–Kier alpha value is -0.760. The van der Waals surface area contributed by atoms with E-state index in [2.05, 4.69) is 36.3 Å². The van der Waals surface area contributed by atoms with Crippen molar-refractivity contribution >= 4 is 11.3 Å². The van der Waals surface area contributed by atoms with Crippen molar-refractivity contribution in [1.29, 1.82) is 0 Å². The zero-order valence-electron chi connectivity index (χ0n) is 12.1. The van der Waals surface area contributed by atoms with E-state index < -0.39 is 0 Å². The van der Waals surface area contributed by atoms with Crippen LogP contribution in [0.1, 0.15) is 25.8 Å². The predicted octanol–water partition coefficient (Wildman–Crippen LogP) is 1.47. The van der Waals surface area contributed by atoms with E-state index in [-0.39, 0.29) is 5.54 Å². The second kappa shape index (κ2) is 8.42. The van der Waals surface area contributed by atoms with Gasteiger partial charge in [0.1, 0.15) is 11.6 Å². The highest BCUT2D eigenvalue weighted by Crippen LogP contribution is 2.18. The van der Waals surface area contributed by atoms with E-state index in [0.29, 0.717) is 38.2 Å². The summed E-state index contributed by atoms with van der Waals surface area (Å²) in [6, 6.07) is 0. The topological polar surface area (TPSA) is 65.5 Å². The zero-order chi connectivity index (χ0) is 14.1. The minimum atomic E-state index is 0.0713. The maximum atomic E-state index is 5.45. The molecule has 0 amide bonds. The molecule has 19 heavy (non-hydrogen) atoms.